The maximum atomic E-state index is 9.75. The number of hydrogen-bond acceptors (Lipinski definition) is 6. The molecule has 154 valence electrons. The fourth-order valence-corrected chi connectivity index (χ4v) is 4.40. The lowest BCUT2D eigenvalue weighted by Gasteiger charge is -2.17. The van der Waals surface area contributed by atoms with Crippen LogP contribution in [0.3, 0.4) is 0 Å². The van der Waals surface area contributed by atoms with Gasteiger partial charge in [0, 0.05) is 19.5 Å². The molecule has 0 saturated heterocycles. The van der Waals surface area contributed by atoms with E-state index >= 15 is 0 Å². The summed E-state index contributed by atoms with van der Waals surface area (Å²) in [5, 5.41) is 15.2. The number of fused-ring (bicyclic) bond motifs is 3. The normalized spacial score (nSPS) is 12.4. The van der Waals surface area contributed by atoms with Gasteiger partial charge in [0.05, 0.1) is 21.3 Å². The molecule has 0 spiro atoms. The van der Waals surface area contributed by atoms with Crippen molar-refractivity contribution < 1.29 is 5.11 Å². The van der Waals surface area contributed by atoms with Crippen molar-refractivity contribution in [2.45, 2.75) is 71.4 Å². The number of nitrogens with zero attached hydrogens (tertiary/aromatic N) is 3. The molecule has 0 aliphatic heterocycles. The van der Waals surface area contributed by atoms with E-state index in [-0.39, 0.29) is 0 Å². The first-order valence-corrected chi connectivity index (χ1v) is 11.2. The van der Waals surface area contributed by atoms with E-state index in [9.17, 15) is 5.11 Å². The van der Waals surface area contributed by atoms with Gasteiger partial charge >= 0.3 is 0 Å². The predicted molar refractivity (Wildman–Crippen MR) is 119 cm³/mol. The molecular formula is C21H33N5OS. The lowest BCUT2D eigenvalue weighted by molar-refractivity contribution is 0.0799. The van der Waals surface area contributed by atoms with Gasteiger partial charge in [-0.3, -0.25) is 0 Å². The first kappa shape index (κ1) is 21.0. The summed E-state index contributed by atoms with van der Waals surface area (Å²) < 4.78 is 3.57. The Balaban J connectivity index is 1.71. The van der Waals surface area contributed by atoms with Crippen LogP contribution in [-0.4, -0.2) is 38.3 Å². The van der Waals surface area contributed by atoms with E-state index in [1.54, 1.807) is 11.3 Å². The van der Waals surface area contributed by atoms with Crippen LogP contribution in [0.4, 0.5) is 5.82 Å². The molecule has 0 atom stereocenters. The number of nitrogens with two attached hydrogens (primary N) is 1. The first-order valence-electron chi connectivity index (χ1n) is 10.4. The van der Waals surface area contributed by atoms with E-state index in [1.807, 2.05) is 19.9 Å². The minimum atomic E-state index is -0.649. The molecule has 0 unspecified atom stereocenters. The number of aliphatic hydroxyl groups is 1. The van der Waals surface area contributed by atoms with Gasteiger partial charge in [-0.1, -0.05) is 19.8 Å². The van der Waals surface area contributed by atoms with Gasteiger partial charge < -0.3 is 20.7 Å². The van der Waals surface area contributed by atoms with Gasteiger partial charge in [0.25, 0.3) is 0 Å². The highest BCUT2D eigenvalue weighted by molar-refractivity contribution is 7.18. The van der Waals surface area contributed by atoms with E-state index in [0.29, 0.717) is 12.4 Å². The van der Waals surface area contributed by atoms with Gasteiger partial charge in [0.2, 0.25) is 0 Å². The Kier molecular flexibility index (Phi) is 6.91. The molecule has 0 fully saturated rings. The molecule has 7 heteroatoms. The highest BCUT2D eigenvalue weighted by Gasteiger charge is 2.17. The van der Waals surface area contributed by atoms with Crippen LogP contribution in [0.1, 0.15) is 58.7 Å². The molecule has 4 N–H and O–H groups in total. The molecule has 0 aromatic carbocycles. The van der Waals surface area contributed by atoms with E-state index in [2.05, 4.69) is 27.2 Å². The quantitative estimate of drug-likeness (QED) is 0.419. The molecule has 0 amide bonds. The van der Waals surface area contributed by atoms with E-state index in [4.69, 9.17) is 10.7 Å². The summed E-state index contributed by atoms with van der Waals surface area (Å²) in [5.41, 5.74) is 8.55. The zero-order chi connectivity index (χ0) is 20.1. The van der Waals surface area contributed by atoms with Crippen molar-refractivity contribution in [1.29, 1.82) is 0 Å². The van der Waals surface area contributed by atoms with Crippen molar-refractivity contribution in [1.82, 2.24) is 19.9 Å². The smallest absolute Gasteiger partial charge is 0.152 e. The zero-order valence-corrected chi connectivity index (χ0v) is 18.1. The minimum Gasteiger partial charge on any atom is -0.389 e. The average Bonchev–Trinajstić information content (AvgIpc) is 3.22. The molecule has 28 heavy (non-hydrogen) atoms. The van der Waals surface area contributed by atoms with Crippen LogP contribution in [0.25, 0.3) is 21.3 Å². The van der Waals surface area contributed by atoms with Crippen LogP contribution in [0.15, 0.2) is 11.4 Å². The summed E-state index contributed by atoms with van der Waals surface area (Å²) in [6.07, 6.45) is 6.60. The number of aryl methyl sites for hydroxylation is 2. The SMILES string of the molecule is CCCCc1nc2c(N)nc3ccsc3c2n1CCCCCNCC(C)(C)O. The number of anilines is 1. The number of hydrogen-bond donors (Lipinski definition) is 3. The maximum absolute atomic E-state index is 9.75. The highest BCUT2D eigenvalue weighted by Crippen LogP contribution is 2.32. The Hall–Kier alpha value is -1.70. The number of nitrogens with one attached hydrogen (secondary N) is 1. The molecule has 6 nitrogen and oxygen atoms in total. The molecule has 3 aromatic rings. The summed E-state index contributed by atoms with van der Waals surface area (Å²) in [6.45, 7) is 8.38. The summed E-state index contributed by atoms with van der Waals surface area (Å²) in [4.78, 5) is 9.41. The summed E-state index contributed by atoms with van der Waals surface area (Å²) in [6, 6.07) is 2.03. The number of thiophene rings is 1. The molecule has 0 saturated carbocycles. The largest absolute Gasteiger partial charge is 0.389 e. The molecule has 0 aliphatic rings. The predicted octanol–water partition coefficient (Wildman–Crippen LogP) is 4.10. The van der Waals surface area contributed by atoms with Gasteiger partial charge in [0.1, 0.15) is 11.3 Å². The maximum Gasteiger partial charge on any atom is 0.152 e. The Morgan fingerprint density at radius 3 is 2.79 bits per heavy atom. The second-order valence-electron chi connectivity index (χ2n) is 8.16. The van der Waals surface area contributed by atoms with Crippen molar-refractivity contribution >= 4 is 38.4 Å². The van der Waals surface area contributed by atoms with Crippen LogP contribution >= 0.6 is 11.3 Å². The number of nitrogen functional groups attached to an aromatic ring is 1. The second kappa shape index (κ2) is 9.20. The van der Waals surface area contributed by atoms with Crippen LogP contribution in [0, 0.1) is 0 Å². The number of pyridine rings is 1. The third-order valence-corrected chi connectivity index (χ3v) is 5.85. The lowest BCUT2D eigenvalue weighted by Crippen LogP contribution is -2.35. The van der Waals surface area contributed by atoms with Gasteiger partial charge in [-0.2, -0.15) is 0 Å². The van der Waals surface area contributed by atoms with Gasteiger partial charge in [-0.05, 0) is 51.1 Å². The van der Waals surface area contributed by atoms with Gasteiger partial charge in [-0.25, -0.2) is 9.97 Å². The first-order chi connectivity index (χ1) is 13.4. The summed E-state index contributed by atoms with van der Waals surface area (Å²) >= 11 is 1.72. The fourth-order valence-electron chi connectivity index (χ4n) is 3.52. The number of rotatable bonds is 11. The average molecular weight is 404 g/mol. The Bertz CT molecular complexity index is 909. The molecule has 3 heterocycles. The molecule has 3 rings (SSSR count). The van der Waals surface area contributed by atoms with Crippen LogP contribution in [0.5, 0.6) is 0 Å². The minimum absolute atomic E-state index is 0.535. The molecule has 0 radical (unpaired) electrons. The Morgan fingerprint density at radius 1 is 1.21 bits per heavy atom. The summed E-state index contributed by atoms with van der Waals surface area (Å²) in [5.74, 6) is 1.67. The van der Waals surface area contributed by atoms with Gasteiger partial charge in [-0.15, -0.1) is 11.3 Å². The van der Waals surface area contributed by atoms with Crippen LogP contribution in [0.2, 0.25) is 0 Å². The molecule has 0 aliphatic carbocycles. The van der Waals surface area contributed by atoms with Gasteiger partial charge in [0.15, 0.2) is 5.82 Å². The third-order valence-electron chi connectivity index (χ3n) is 4.94. The lowest BCUT2D eigenvalue weighted by atomic mass is 10.1. The van der Waals surface area contributed by atoms with Crippen molar-refractivity contribution in [3.63, 3.8) is 0 Å². The second-order valence-corrected chi connectivity index (χ2v) is 9.08. The molecular weight excluding hydrogens is 370 g/mol. The number of unbranched alkanes of at least 4 members (excludes halogenated alkanes) is 3. The van der Waals surface area contributed by atoms with Crippen molar-refractivity contribution in [2.24, 2.45) is 0 Å². The zero-order valence-electron chi connectivity index (χ0n) is 17.3. The van der Waals surface area contributed by atoms with Crippen LogP contribution in [-0.2, 0) is 13.0 Å². The monoisotopic (exact) mass is 403 g/mol. The number of imidazole rings is 1. The third kappa shape index (κ3) is 5.01. The van der Waals surface area contributed by atoms with Crippen molar-refractivity contribution in [3.05, 3.63) is 17.3 Å². The van der Waals surface area contributed by atoms with Crippen molar-refractivity contribution in [3.8, 4) is 0 Å². The van der Waals surface area contributed by atoms with Crippen LogP contribution < -0.4 is 11.1 Å². The molecule has 0 bridgehead atoms. The standard InChI is InChI=1S/C21H33N5OS/c1-4-5-9-16-25-17-18(19-15(10-13-28-19)24-20(17)22)26(16)12-8-6-7-11-23-14-21(2,3)27/h10,13,23,27H,4-9,11-12,14H2,1-3H3,(H2,22,24). The summed E-state index contributed by atoms with van der Waals surface area (Å²) in [7, 11) is 0. The van der Waals surface area contributed by atoms with E-state index in [0.717, 1.165) is 74.0 Å². The Morgan fingerprint density at radius 2 is 2.04 bits per heavy atom. The topological polar surface area (TPSA) is 89.0 Å². The Labute approximate surface area is 171 Å². The highest BCUT2D eigenvalue weighted by atomic mass is 32.1. The van der Waals surface area contributed by atoms with E-state index in [1.165, 1.54) is 4.70 Å². The number of aromatic nitrogens is 3. The fraction of sp³-hybridized carbons (Fsp3) is 0.619. The van der Waals surface area contributed by atoms with Crippen molar-refractivity contribution in [2.75, 3.05) is 18.8 Å². The van der Waals surface area contributed by atoms with E-state index < -0.39 is 5.60 Å². The molecule has 3 aromatic heterocycles.